The summed E-state index contributed by atoms with van der Waals surface area (Å²) in [7, 11) is 0. The minimum atomic E-state index is -4.53. The van der Waals surface area contributed by atoms with Crippen molar-refractivity contribution >= 4 is 23.2 Å². The third kappa shape index (κ3) is 4.35. The lowest BCUT2D eigenvalue weighted by molar-refractivity contribution is -0.153. The van der Waals surface area contributed by atoms with Crippen molar-refractivity contribution in [2.24, 2.45) is 0 Å². The quantitative estimate of drug-likeness (QED) is 0.837. The molecule has 1 heterocycles. The summed E-state index contributed by atoms with van der Waals surface area (Å²) in [4.78, 5) is 12.4. The second-order valence-corrected chi connectivity index (χ2v) is 5.78. The van der Waals surface area contributed by atoms with Gasteiger partial charge >= 0.3 is 6.18 Å². The van der Waals surface area contributed by atoms with Crippen molar-refractivity contribution in [2.45, 2.75) is 6.18 Å². The maximum Gasteiger partial charge on any atom is 0.422 e. The van der Waals surface area contributed by atoms with Crippen LogP contribution in [0.4, 0.5) is 18.9 Å². The summed E-state index contributed by atoms with van der Waals surface area (Å²) < 4.78 is 51.7. The second-order valence-electron chi connectivity index (χ2n) is 5.37. The Morgan fingerprint density at radius 1 is 1.30 bits per heavy atom. The molecule has 27 heavy (non-hydrogen) atoms. The van der Waals surface area contributed by atoms with Crippen molar-refractivity contribution in [3.05, 3.63) is 46.5 Å². The van der Waals surface area contributed by atoms with Crippen molar-refractivity contribution in [2.75, 3.05) is 18.7 Å². The molecule has 1 aliphatic heterocycles. The number of amides is 1. The van der Waals surface area contributed by atoms with Crippen LogP contribution in [0.5, 0.6) is 17.2 Å². The van der Waals surface area contributed by atoms with Gasteiger partial charge in [0.25, 0.3) is 5.91 Å². The Morgan fingerprint density at radius 2 is 2.07 bits per heavy atom. The molecule has 0 unspecified atom stereocenters. The summed E-state index contributed by atoms with van der Waals surface area (Å²) >= 11 is 6.03. The molecule has 10 heteroatoms. The molecule has 0 aliphatic carbocycles. The van der Waals surface area contributed by atoms with Gasteiger partial charge in [-0.15, -0.1) is 0 Å². The number of carbonyl (C=O) groups is 1. The molecule has 0 atom stereocenters. The van der Waals surface area contributed by atoms with Crippen LogP contribution in [0.3, 0.4) is 0 Å². The Labute approximate surface area is 156 Å². The molecule has 140 valence electrons. The van der Waals surface area contributed by atoms with Crippen LogP contribution in [0.25, 0.3) is 0 Å². The van der Waals surface area contributed by atoms with Gasteiger partial charge in [0.1, 0.15) is 11.8 Å². The molecular formula is C17H10ClF3N2O4. The van der Waals surface area contributed by atoms with E-state index >= 15 is 0 Å². The van der Waals surface area contributed by atoms with E-state index in [1.165, 1.54) is 30.3 Å². The highest BCUT2D eigenvalue weighted by Gasteiger charge is 2.29. The predicted molar refractivity (Wildman–Crippen MR) is 88.2 cm³/mol. The average Bonchev–Trinajstić information content (AvgIpc) is 3.09. The molecule has 6 nitrogen and oxygen atoms in total. The van der Waals surface area contributed by atoms with E-state index in [0.29, 0.717) is 11.5 Å². The number of halogens is 4. The fourth-order valence-corrected chi connectivity index (χ4v) is 2.55. The van der Waals surface area contributed by atoms with Crippen molar-refractivity contribution < 1.29 is 32.2 Å². The maximum absolute atomic E-state index is 12.4. The number of nitrogens with zero attached hydrogens (tertiary/aromatic N) is 1. The molecule has 1 amide bonds. The lowest BCUT2D eigenvalue weighted by atomic mass is 10.1. The van der Waals surface area contributed by atoms with Crippen molar-refractivity contribution in [3.8, 4) is 23.3 Å². The molecule has 3 rings (SSSR count). The summed E-state index contributed by atoms with van der Waals surface area (Å²) in [6.45, 7) is -1.53. The van der Waals surface area contributed by atoms with E-state index in [4.69, 9.17) is 26.3 Å². The number of nitrogens with one attached hydrogen (secondary N) is 1. The van der Waals surface area contributed by atoms with E-state index in [-0.39, 0.29) is 34.4 Å². The highest BCUT2D eigenvalue weighted by molar-refractivity contribution is 6.32. The largest absolute Gasteiger partial charge is 0.483 e. The number of hydrogen-bond acceptors (Lipinski definition) is 5. The molecule has 2 aromatic carbocycles. The zero-order chi connectivity index (χ0) is 19.6. The van der Waals surface area contributed by atoms with Gasteiger partial charge < -0.3 is 19.5 Å². The fraction of sp³-hybridized carbons (Fsp3) is 0.176. The second kappa shape index (κ2) is 7.25. The number of benzene rings is 2. The molecule has 0 saturated heterocycles. The monoisotopic (exact) mass is 398 g/mol. The van der Waals surface area contributed by atoms with E-state index in [9.17, 15) is 18.0 Å². The first-order valence-electron chi connectivity index (χ1n) is 7.41. The Hall–Kier alpha value is -3.12. The van der Waals surface area contributed by atoms with Gasteiger partial charge in [-0.3, -0.25) is 4.79 Å². The highest BCUT2D eigenvalue weighted by Crippen LogP contribution is 2.40. The van der Waals surface area contributed by atoms with E-state index in [0.717, 1.165) is 0 Å². The van der Waals surface area contributed by atoms with Crippen LogP contribution in [0.1, 0.15) is 15.9 Å². The maximum atomic E-state index is 12.4. The summed E-state index contributed by atoms with van der Waals surface area (Å²) in [5, 5.41) is 11.8. The Kier molecular flexibility index (Phi) is 5.01. The van der Waals surface area contributed by atoms with Gasteiger partial charge in [0.05, 0.1) is 10.6 Å². The van der Waals surface area contributed by atoms with E-state index in [1.807, 2.05) is 0 Å². The van der Waals surface area contributed by atoms with Crippen LogP contribution < -0.4 is 19.5 Å². The highest BCUT2D eigenvalue weighted by atomic mass is 35.5. The molecular weight excluding hydrogens is 389 g/mol. The zero-order valence-corrected chi connectivity index (χ0v) is 14.1. The van der Waals surface area contributed by atoms with Gasteiger partial charge in [-0.05, 0) is 30.3 Å². The zero-order valence-electron chi connectivity index (χ0n) is 13.4. The molecule has 2 aromatic rings. The number of carbonyl (C=O) groups excluding carboxylic acids is 1. The summed E-state index contributed by atoms with van der Waals surface area (Å²) in [5.74, 6) is -0.130. The average molecular weight is 399 g/mol. The lowest BCUT2D eigenvalue weighted by Gasteiger charge is -2.12. The third-order valence-electron chi connectivity index (χ3n) is 3.44. The van der Waals surface area contributed by atoms with Crippen LogP contribution in [0, 0.1) is 11.3 Å². The first kappa shape index (κ1) is 18.7. The molecule has 1 N–H and O–H groups in total. The van der Waals surface area contributed by atoms with Gasteiger partial charge in [-0.2, -0.15) is 18.4 Å². The number of alkyl halides is 3. The third-order valence-corrected chi connectivity index (χ3v) is 3.72. The SMILES string of the molecule is N#Cc1cc(NC(=O)c2cc(Cl)c3c(c2)OCO3)ccc1OCC(F)(F)F. The van der Waals surface area contributed by atoms with Gasteiger partial charge in [-0.1, -0.05) is 11.6 Å². The van der Waals surface area contributed by atoms with E-state index in [2.05, 4.69) is 10.1 Å². The topological polar surface area (TPSA) is 80.6 Å². The van der Waals surface area contributed by atoms with Gasteiger partial charge in [0.15, 0.2) is 18.1 Å². The number of hydrogen-bond donors (Lipinski definition) is 1. The minimum Gasteiger partial charge on any atom is -0.483 e. The molecule has 0 radical (unpaired) electrons. The molecule has 0 fully saturated rings. The Balaban J connectivity index is 1.77. The first-order chi connectivity index (χ1) is 12.8. The number of ether oxygens (including phenoxy) is 3. The minimum absolute atomic E-state index is 0.00889. The van der Waals surface area contributed by atoms with Crippen LogP contribution >= 0.6 is 11.6 Å². The van der Waals surface area contributed by atoms with Gasteiger partial charge in [0.2, 0.25) is 6.79 Å². The van der Waals surface area contributed by atoms with Crippen LogP contribution in [0.2, 0.25) is 5.02 Å². The number of anilines is 1. The molecule has 0 bridgehead atoms. The van der Waals surface area contributed by atoms with Crippen molar-refractivity contribution in [1.82, 2.24) is 0 Å². The predicted octanol–water partition coefficient (Wildman–Crippen LogP) is 4.13. The smallest absolute Gasteiger partial charge is 0.422 e. The first-order valence-corrected chi connectivity index (χ1v) is 7.79. The normalized spacial score (nSPS) is 12.4. The molecule has 0 saturated carbocycles. The van der Waals surface area contributed by atoms with E-state index < -0.39 is 18.7 Å². The molecule has 1 aliphatic rings. The van der Waals surface area contributed by atoms with Gasteiger partial charge in [-0.25, -0.2) is 0 Å². The number of nitriles is 1. The Morgan fingerprint density at radius 3 is 2.78 bits per heavy atom. The van der Waals surface area contributed by atoms with Crippen LogP contribution in [-0.2, 0) is 0 Å². The fourth-order valence-electron chi connectivity index (χ4n) is 2.28. The molecule has 0 spiro atoms. The van der Waals surface area contributed by atoms with Crippen molar-refractivity contribution in [1.29, 1.82) is 5.26 Å². The lowest BCUT2D eigenvalue weighted by Crippen LogP contribution is -2.19. The number of fused-ring (bicyclic) bond motifs is 1. The van der Waals surface area contributed by atoms with Crippen LogP contribution in [0.15, 0.2) is 30.3 Å². The summed E-state index contributed by atoms with van der Waals surface area (Å²) in [5.41, 5.74) is 0.227. The number of rotatable bonds is 4. The van der Waals surface area contributed by atoms with Crippen molar-refractivity contribution in [3.63, 3.8) is 0 Å². The van der Waals surface area contributed by atoms with Crippen LogP contribution in [-0.4, -0.2) is 25.5 Å². The summed E-state index contributed by atoms with van der Waals surface area (Å²) in [6.07, 6.45) is -4.53. The van der Waals surface area contributed by atoms with E-state index in [1.54, 1.807) is 6.07 Å². The Bertz CT molecular complexity index is 941. The molecule has 0 aromatic heterocycles. The standard InChI is InChI=1S/C17H10ClF3N2O4/c18-12-4-9(5-14-15(12)27-8-26-14)16(24)23-11-1-2-13(10(3-11)6-22)25-7-17(19,20)21/h1-5H,7-8H2,(H,23,24). The van der Waals surface area contributed by atoms with Gasteiger partial charge in [0, 0.05) is 11.3 Å². The summed E-state index contributed by atoms with van der Waals surface area (Å²) in [6, 6.07) is 8.25.